The summed E-state index contributed by atoms with van der Waals surface area (Å²) in [6.45, 7) is 0. The molecule has 0 atom stereocenters. The van der Waals surface area contributed by atoms with Crippen molar-refractivity contribution < 1.29 is 0 Å². The van der Waals surface area contributed by atoms with Crippen LogP contribution >= 0.6 is 0 Å². The maximum absolute atomic E-state index is 3.62. The van der Waals surface area contributed by atoms with Gasteiger partial charge in [-0.05, 0) is 53.3 Å². The second-order valence-corrected chi connectivity index (χ2v) is 6.76. The first-order chi connectivity index (χ1) is 13.4. The Kier molecular flexibility index (Phi) is 5.31. The monoisotopic (exact) mass is 349 g/mol. The van der Waals surface area contributed by atoms with Crippen LogP contribution in [0.3, 0.4) is 0 Å². The van der Waals surface area contributed by atoms with Gasteiger partial charge < -0.3 is 5.32 Å². The Morgan fingerprint density at radius 3 is 1.67 bits per heavy atom. The highest BCUT2D eigenvalue weighted by Crippen LogP contribution is 2.28. The van der Waals surface area contributed by atoms with Gasteiger partial charge in [-0.15, -0.1) is 0 Å². The molecule has 4 aromatic carbocycles. The van der Waals surface area contributed by atoms with E-state index in [9.17, 15) is 0 Å². The lowest BCUT2D eigenvalue weighted by Gasteiger charge is -2.17. The van der Waals surface area contributed by atoms with Gasteiger partial charge in [-0.2, -0.15) is 0 Å². The van der Waals surface area contributed by atoms with Crippen LogP contribution in [0.25, 0.3) is 0 Å². The van der Waals surface area contributed by atoms with Crippen molar-refractivity contribution >= 4 is 11.4 Å². The number of benzene rings is 4. The van der Waals surface area contributed by atoms with Crippen LogP contribution in [0.2, 0.25) is 0 Å². The van der Waals surface area contributed by atoms with E-state index in [2.05, 4.69) is 108 Å². The fourth-order valence-electron chi connectivity index (χ4n) is 3.42. The molecule has 0 heterocycles. The topological polar surface area (TPSA) is 12.0 Å². The van der Waals surface area contributed by atoms with Gasteiger partial charge in [-0.3, -0.25) is 0 Å². The van der Waals surface area contributed by atoms with Crippen molar-refractivity contribution in [1.29, 1.82) is 0 Å². The second-order valence-electron chi connectivity index (χ2n) is 6.76. The van der Waals surface area contributed by atoms with Gasteiger partial charge in [0.2, 0.25) is 0 Å². The van der Waals surface area contributed by atoms with Crippen LogP contribution < -0.4 is 5.32 Å². The molecule has 0 bridgehead atoms. The highest BCUT2D eigenvalue weighted by Gasteiger charge is 2.10. The van der Waals surface area contributed by atoms with Gasteiger partial charge in [0.15, 0.2) is 0 Å². The Bertz CT molecular complexity index is 917. The molecule has 0 spiro atoms. The number of hydrogen-bond acceptors (Lipinski definition) is 1. The minimum Gasteiger partial charge on any atom is -0.355 e. The fourth-order valence-corrected chi connectivity index (χ4v) is 3.42. The molecule has 27 heavy (non-hydrogen) atoms. The lowest BCUT2D eigenvalue weighted by atomic mass is 9.93. The molecule has 0 aromatic heterocycles. The van der Waals surface area contributed by atoms with Crippen molar-refractivity contribution in [3.05, 3.63) is 131 Å². The van der Waals surface area contributed by atoms with Gasteiger partial charge in [0, 0.05) is 11.4 Å². The van der Waals surface area contributed by atoms with E-state index in [1.807, 2.05) is 6.07 Å². The molecule has 1 N–H and O–H groups in total. The zero-order valence-corrected chi connectivity index (χ0v) is 15.3. The third kappa shape index (κ3) is 4.45. The summed E-state index contributed by atoms with van der Waals surface area (Å²) in [5.74, 6) is 0. The number of rotatable bonds is 6. The molecule has 4 aromatic rings. The van der Waals surface area contributed by atoms with E-state index in [0.29, 0.717) is 0 Å². The molecule has 0 saturated heterocycles. The third-order valence-corrected chi connectivity index (χ3v) is 4.79. The zero-order chi connectivity index (χ0) is 18.3. The molecule has 0 saturated carbocycles. The standard InChI is InChI=1S/C26H23N/c1-4-11-21(12-5-1)19-23-15-10-18-26(27-24-16-8-3-9-17-24)25(23)20-22-13-6-2-7-14-22/h1-18,27H,19-20H2. The average Bonchev–Trinajstić information content (AvgIpc) is 2.73. The summed E-state index contributed by atoms with van der Waals surface area (Å²) >= 11 is 0. The van der Waals surface area contributed by atoms with Crippen LogP contribution in [-0.2, 0) is 12.8 Å². The van der Waals surface area contributed by atoms with E-state index in [-0.39, 0.29) is 0 Å². The molecule has 1 nitrogen and oxygen atoms in total. The average molecular weight is 349 g/mol. The number of para-hydroxylation sites is 1. The first-order valence-corrected chi connectivity index (χ1v) is 9.39. The molecular formula is C26H23N. The van der Waals surface area contributed by atoms with Crippen molar-refractivity contribution in [3.63, 3.8) is 0 Å². The van der Waals surface area contributed by atoms with Crippen LogP contribution in [0.4, 0.5) is 11.4 Å². The van der Waals surface area contributed by atoms with E-state index >= 15 is 0 Å². The molecule has 0 aliphatic rings. The van der Waals surface area contributed by atoms with Crippen molar-refractivity contribution in [3.8, 4) is 0 Å². The summed E-state index contributed by atoms with van der Waals surface area (Å²) in [6.07, 6.45) is 1.85. The van der Waals surface area contributed by atoms with Crippen molar-refractivity contribution in [2.24, 2.45) is 0 Å². The first-order valence-electron chi connectivity index (χ1n) is 9.39. The predicted molar refractivity (Wildman–Crippen MR) is 115 cm³/mol. The summed E-state index contributed by atoms with van der Waals surface area (Å²) in [4.78, 5) is 0. The summed E-state index contributed by atoms with van der Waals surface area (Å²) < 4.78 is 0. The lowest BCUT2D eigenvalue weighted by molar-refractivity contribution is 1.09. The van der Waals surface area contributed by atoms with Gasteiger partial charge in [0.05, 0.1) is 0 Å². The highest BCUT2D eigenvalue weighted by atomic mass is 14.9. The Morgan fingerprint density at radius 1 is 0.481 bits per heavy atom. The molecule has 0 unspecified atom stereocenters. The molecular weight excluding hydrogens is 326 g/mol. The van der Waals surface area contributed by atoms with E-state index in [0.717, 1.165) is 18.5 Å². The van der Waals surface area contributed by atoms with Crippen molar-refractivity contribution in [2.75, 3.05) is 5.32 Å². The molecule has 132 valence electrons. The van der Waals surface area contributed by atoms with Crippen LogP contribution in [-0.4, -0.2) is 0 Å². The molecule has 0 aliphatic heterocycles. The SMILES string of the molecule is c1ccc(Cc2cccc(Nc3ccccc3)c2Cc2ccccc2)cc1. The minimum absolute atomic E-state index is 0.916. The van der Waals surface area contributed by atoms with Gasteiger partial charge in [0.1, 0.15) is 0 Å². The van der Waals surface area contributed by atoms with Gasteiger partial charge >= 0.3 is 0 Å². The molecule has 4 rings (SSSR count). The number of nitrogens with one attached hydrogen (secondary N) is 1. The van der Waals surface area contributed by atoms with Crippen LogP contribution in [0.1, 0.15) is 22.3 Å². The minimum atomic E-state index is 0.916. The summed E-state index contributed by atoms with van der Waals surface area (Å²) in [7, 11) is 0. The highest BCUT2D eigenvalue weighted by molar-refractivity contribution is 5.65. The smallest absolute Gasteiger partial charge is 0.0423 e. The summed E-state index contributed by atoms with van der Waals surface area (Å²) in [6, 6.07) is 38.3. The normalized spacial score (nSPS) is 10.5. The van der Waals surface area contributed by atoms with Crippen molar-refractivity contribution in [1.82, 2.24) is 0 Å². The zero-order valence-electron chi connectivity index (χ0n) is 15.3. The lowest BCUT2D eigenvalue weighted by Crippen LogP contribution is -2.03. The van der Waals surface area contributed by atoms with E-state index in [4.69, 9.17) is 0 Å². The summed E-state index contributed by atoms with van der Waals surface area (Å²) in [5.41, 5.74) is 7.68. The van der Waals surface area contributed by atoms with Crippen LogP contribution in [0.15, 0.2) is 109 Å². The third-order valence-electron chi connectivity index (χ3n) is 4.79. The molecule has 0 fully saturated rings. The Morgan fingerprint density at radius 2 is 1.04 bits per heavy atom. The fraction of sp³-hybridized carbons (Fsp3) is 0.0769. The van der Waals surface area contributed by atoms with Gasteiger partial charge in [-0.25, -0.2) is 0 Å². The molecule has 0 amide bonds. The van der Waals surface area contributed by atoms with Gasteiger partial charge in [0.25, 0.3) is 0 Å². The van der Waals surface area contributed by atoms with Crippen LogP contribution in [0.5, 0.6) is 0 Å². The molecule has 1 heteroatoms. The Balaban J connectivity index is 1.72. The van der Waals surface area contributed by atoms with Crippen LogP contribution in [0, 0.1) is 0 Å². The summed E-state index contributed by atoms with van der Waals surface area (Å²) in [5, 5.41) is 3.62. The predicted octanol–water partition coefficient (Wildman–Crippen LogP) is 6.61. The maximum atomic E-state index is 3.62. The largest absolute Gasteiger partial charge is 0.355 e. The first kappa shape index (κ1) is 17.1. The Hall–Kier alpha value is -3.32. The van der Waals surface area contributed by atoms with Crippen molar-refractivity contribution in [2.45, 2.75) is 12.8 Å². The Labute approximate surface area is 161 Å². The number of hydrogen-bond donors (Lipinski definition) is 1. The molecule has 0 aliphatic carbocycles. The quantitative estimate of drug-likeness (QED) is 0.413. The van der Waals surface area contributed by atoms with Gasteiger partial charge in [-0.1, -0.05) is 91.0 Å². The maximum Gasteiger partial charge on any atom is 0.0423 e. The van der Waals surface area contributed by atoms with E-state index < -0.39 is 0 Å². The number of anilines is 2. The molecule has 0 radical (unpaired) electrons. The van der Waals surface area contributed by atoms with E-state index in [1.165, 1.54) is 27.9 Å². The second kappa shape index (κ2) is 8.37. The van der Waals surface area contributed by atoms with E-state index in [1.54, 1.807) is 0 Å².